The van der Waals surface area contributed by atoms with Crippen molar-refractivity contribution in [1.29, 1.82) is 0 Å². The van der Waals surface area contributed by atoms with Crippen LogP contribution < -0.4 is 5.32 Å². The number of anilines is 2. The minimum absolute atomic E-state index is 0.174. The SMILES string of the molecule is O=S(=O)(c1ccc(Cl)c(Nc2nc(CN3CCOCC3)nc3ccccc23)c1)N1CCOCC1. The van der Waals surface area contributed by atoms with Crippen LogP contribution in [0, 0.1) is 0 Å². The molecule has 0 spiro atoms. The Bertz CT molecular complexity index is 1280. The van der Waals surface area contributed by atoms with Gasteiger partial charge in [-0.05, 0) is 30.3 Å². The van der Waals surface area contributed by atoms with Crippen molar-refractivity contribution < 1.29 is 17.9 Å². The number of ether oxygens (including phenoxy) is 2. The summed E-state index contributed by atoms with van der Waals surface area (Å²) in [6, 6.07) is 12.4. The Labute approximate surface area is 203 Å². The van der Waals surface area contributed by atoms with Gasteiger partial charge in [0.05, 0.1) is 54.1 Å². The van der Waals surface area contributed by atoms with Crippen molar-refractivity contribution in [3.8, 4) is 0 Å². The number of hydrogen-bond donors (Lipinski definition) is 1. The molecule has 2 fully saturated rings. The quantitative estimate of drug-likeness (QED) is 0.548. The van der Waals surface area contributed by atoms with Crippen molar-refractivity contribution in [3.63, 3.8) is 0 Å². The molecule has 0 unspecified atom stereocenters. The number of fused-ring (bicyclic) bond motifs is 1. The predicted molar refractivity (Wildman–Crippen MR) is 130 cm³/mol. The van der Waals surface area contributed by atoms with Crippen LogP contribution in [0.2, 0.25) is 5.02 Å². The summed E-state index contributed by atoms with van der Waals surface area (Å²) in [5.74, 6) is 1.26. The van der Waals surface area contributed by atoms with Crippen LogP contribution in [-0.4, -0.2) is 80.2 Å². The molecule has 11 heteroatoms. The molecule has 1 aromatic heterocycles. The highest BCUT2D eigenvalue weighted by Gasteiger charge is 2.27. The minimum Gasteiger partial charge on any atom is -0.379 e. The second-order valence-corrected chi connectivity index (χ2v) is 10.5. The second-order valence-electron chi connectivity index (χ2n) is 8.18. The summed E-state index contributed by atoms with van der Waals surface area (Å²) in [6.07, 6.45) is 0. The number of para-hydroxylation sites is 1. The third-order valence-corrected chi connectivity index (χ3v) is 8.14. The molecular weight excluding hydrogens is 478 g/mol. The van der Waals surface area contributed by atoms with E-state index in [4.69, 9.17) is 31.0 Å². The van der Waals surface area contributed by atoms with E-state index in [1.165, 1.54) is 10.4 Å². The fourth-order valence-electron chi connectivity index (χ4n) is 4.07. The number of halogens is 1. The Morgan fingerprint density at radius 1 is 0.941 bits per heavy atom. The van der Waals surface area contributed by atoms with E-state index in [0.29, 0.717) is 68.4 Å². The highest BCUT2D eigenvalue weighted by Crippen LogP contribution is 2.31. The van der Waals surface area contributed by atoms with E-state index in [1.807, 2.05) is 24.3 Å². The monoisotopic (exact) mass is 503 g/mol. The molecule has 180 valence electrons. The Morgan fingerprint density at radius 3 is 2.41 bits per heavy atom. The molecule has 2 aliphatic rings. The third-order valence-electron chi connectivity index (χ3n) is 5.92. The van der Waals surface area contributed by atoms with Crippen LogP contribution >= 0.6 is 11.6 Å². The number of benzene rings is 2. The van der Waals surface area contributed by atoms with Gasteiger partial charge in [0.25, 0.3) is 0 Å². The number of nitrogens with zero attached hydrogens (tertiary/aromatic N) is 4. The van der Waals surface area contributed by atoms with Gasteiger partial charge < -0.3 is 14.8 Å². The van der Waals surface area contributed by atoms with Gasteiger partial charge in [-0.2, -0.15) is 4.31 Å². The molecule has 9 nitrogen and oxygen atoms in total. The molecule has 3 aromatic rings. The molecule has 2 aromatic carbocycles. The van der Waals surface area contributed by atoms with Crippen molar-refractivity contribution in [2.45, 2.75) is 11.4 Å². The molecule has 1 N–H and O–H groups in total. The molecule has 0 amide bonds. The Hall–Kier alpha value is -2.34. The van der Waals surface area contributed by atoms with Gasteiger partial charge in [-0.1, -0.05) is 23.7 Å². The molecule has 0 radical (unpaired) electrons. The number of hydrogen-bond acceptors (Lipinski definition) is 8. The van der Waals surface area contributed by atoms with Crippen LogP contribution in [0.5, 0.6) is 0 Å². The van der Waals surface area contributed by atoms with Crippen LogP contribution in [-0.2, 0) is 26.0 Å². The average Bonchev–Trinajstić information content (AvgIpc) is 2.86. The lowest BCUT2D eigenvalue weighted by atomic mass is 10.2. The first-order chi connectivity index (χ1) is 16.5. The van der Waals surface area contributed by atoms with Crippen molar-refractivity contribution in [2.75, 3.05) is 57.9 Å². The molecule has 3 heterocycles. The van der Waals surface area contributed by atoms with E-state index in [1.54, 1.807) is 12.1 Å². The molecular formula is C23H26ClN5O4S. The average molecular weight is 504 g/mol. The number of aromatic nitrogens is 2. The zero-order valence-electron chi connectivity index (χ0n) is 18.6. The Balaban J connectivity index is 1.48. The maximum atomic E-state index is 13.1. The van der Waals surface area contributed by atoms with Gasteiger partial charge in [-0.25, -0.2) is 18.4 Å². The maximum Gasteiger partial charge on any atom is 0.243 e. The molecule has 0 bridgehead atoms. The lowest BCUT2D eigenvalue weighted by Gasteiger charge is -2.26. The van der Waals surface area contributed by atoms with Crippen molar-refractivity contribution in [1.82, 2.24) is 19.2 Å². The van der Waals surface area contributed by atoms with E-state index in [9.17, 15) is 8.42 Å². The van der Waals surface area contributed by atoms with Gasteiger partial charge in [0.15, 0.2) is 0 Å². The number of nitrogens with one attached hydrogen (secondary N) is 1. The summed E-state index contributed by atoms with van der Waals surface area (Å²) in [7, 11) is -3.66. The first kappa shape index (κ1) is 23.4. The highest BCUT2D eigenvalue weighted by molar-refractivity contribution is 7.89. The molecule has 0 aliphatic carbocycles. The van der Waals surface area contributed by atoms with Crippen molar-refractivity contribution in [3.05, 3.63) is 53.3 Å². The van der Waals surface area contributed by atoms with Crippen LogP contribution in [0.4, 0.5) is 11.5 Å². The van der Waals surface area contributed by atoms with Crippen molar-refractivity contribution >= 4 is 44.0 Å². The predicted octanol–water partition coefficient (Wildman–Crippen LogP) is 2.88. The van der Waals surface area contributed by atoms with Gasteiger partial charge >= 0.3 is 0 Å². The van der Waals surface area contributed by atoms with Crippen molar-refractivity contribution in [2.24, 2.45) is 0 Å². The second kappa shape index (κ2) is 10.1. The summed E-state index contributed by atoms with van der Waals surface area (Å²) in [6.45, 7) is 5.07. The summed E-state index contributed by atoms with van der Waals surface area (Å²) in [5, 5.41) is 4.50. The lowest BCUT2D eigenvalue weighted by molar-refractivity contribution is 0.0331. The Kier molecular flexibility index (Phi) is 6.96. The zero-order valence-corrected chi connectivity index (χ0v) is 20.2. The summed E-state index contributed by atoms with van der Waals surface area (Å²) in [4.78, 5) is 11.9. The first-order valence-corrected chi connectivity index (χ1v) is 13.0. The fourth-order valence-corrected chi connectivity index (χ4v) is 5.67. The Morgan fingerprint density at radius 2 is 1.65 bits per heavy atom. The zero-order chi connectivity index (χ0) is 23.5. The van der Waals surface area contributed by atoms with E-state index in [-0.39, 0.29) is 4.90 Å². The maximum absolute atomic E-state index is 13.1. The van der Waals surface area contributed by atoms with Gasteiger partial charge in [-0.3, -0.25) is 4.90 Å². The smallest absolute Gasteiger partial charge is 0.243 e. The van der Waals surface area contributed by atoms with E-state index >= 15 is 0 Å². The highest BCUT2D eigenvalue weighted by atomic mass is 35.5. The minimum atomic E-state index is -3.66. The van der Waals surface area contributed by atoms with Gasteiger partial charge in [0, 0.05) is 31.6 Å². The van der Waals surface area contributed by atoms with Crippen LogP contribution in [0.1, 0.15) is 5.82 Å². The summed E-state index contributed by atoms with van der Waals surface area (Å²) < 4.78 is 38.5. The summed E-state index contributed by atoms with van der Waals surface area (Å²) >= 11 is 6.47. The summed E-state index contributed by atoms with van der Waals surface area (Å²) in [5.41, 5.74) is 1.27. The lowest BCUT2D eigenvalue weighted by Crippen LogP contribution is -2.40. The third kappa shape index (κ3) is 5.02. The first-order valence-electron chi connectivity index (χ1n) is 11.2. The van der Waals surface area contributed by atoms with E-state index < -0.39 is 10.0 Å². The van der Waals surface area contributed by atoms with E-state index in [2.05, 4.69) is 10.2 Å². The van der Waals surface area contributed by atoms with E-state index in [0.717, 1.165) is 24.0 Å². The number of morpholine rings is 2. The number of sulfonamides is 1. The van der Waals surface area contributed by atoms with Crippen LogP contribution in [0.15, 0.2) is 47.4 Å². The van der Waals surface area contributed by atoms with Gasteiger partial charge in [0.2, 0.25) is 10.0 Å². The standard InChI is InChI=1S/C23H26ClN5O4S/c24-19-6-5-17(34(30,31)29-9-13-33-14-10-29)15-21(19)26-23-18-3-1-2-4-20(18)25-22(27-23)16-28-7-11-32-12-8-28/h1-6,15H,7-14,16H2,(H,25,26,27). The molecule has 34 heavy (non-hydrogen) atoms. The molecule has 0 atom stereocenters. The molecule has 0 saturated carbocycles. The molecule has 5 rings (SSSR count). The fraction of sp³-hybridized carbons (Fsp3) is 0.391. The molecule has 2 aliphatic heterocycles. The van der Waals surface area contributed by atoms with Crippen LogP contribution in [0.25, 0.3) is 10.9 Å². The number of rotatable bonds is 6. The van der Waals surface area contributed by atoms with Gasteiger partial charge in [0.1, 0.15) is 11.6 Å². The normalized spacial score (nSPS) is 18.3. The van der Waals surface area contributed by atoms with Crippen LogP contribution in [0.3, 0.4) is 0 Å². The van der Waals surface area contributed by atoms with Gasteiger partial charge in [-0.15, -0.1) is 0 Å². The topological polar surface area (TPSA) is 96.9 Å². The molecule has 2 saturated heterocycles. The largest absolute Gasteiger partial charge is 0.379 e.